The molecule has 0 atom stereocenters. The van der Waals surface area contributed by atoms with Crippen LogP contribution in [0.3, 0.4) is 0 Å². The van der Waals surface area contributed by atoms with Gasteiger partial charge in [0.15, 0.2) is 6.73 Å². The molecule has 0 amide bonds. The molecule has 0 spiro atoms. The van der Waals surface area contributed by atoms with Gasteiger partial charge in [-0.15, -0.1) is 15.0 Å². The molecule has 0 saturated heterocycles. The van der Waals surface area contributed by atoms with Crippen LogP contribution < -0.4 is 0 Å². The van der Waals surface area contributed by atoms with E-state index in [0.29, 0.717) is 10.8 Å². The highest BCUT2D eigenvalue weighted by atomic mass is 35.5. The molecule has 0 aliphatic rings. The Morgan fingerprint density at radius 3 is 2.57 bits per heavy atom. The van der Waals surface area contributed by atoms with Gasteiger partial charge in [0.1, 0.15) is 0 Å². The van der Waals surface area contributed by atoms with E-state index in [-0.39, 0.29) is 6.73 Å². The average Bonchev–Trinajstić information content (AvgIpc) is 2.67. The van der Waals surface area contributed by atoms with Crippen molar-refractivity contribution in [3.8, 4) is 11.4 Å². The first-order chi connectivity index (χ1) is 6.79. The summed E-state index contributed by atoms with van der Waals surface area (Å²) in [6.45, 7) is -0.277. The molecule has 0 aliphatic carbocycles. The van der Waals surface area contributed by atoms with E-state index in [2.05, 4.69) is 15.4 Å². The number of aliphatic hydroxyl groups is 1. The molecular formula is C8H7ClN4O. The van der Waals surface area contributed by atoms with Crippen molar-refractivity contribution in [3.05, 3.63) is 29.3 Å². The van der Waals surface area contributed by atoms with Crippen molar-refractivity contribution in [2.24, 2.45) is 0 Å². The Bertz CT molecular complexity index is 425. The number of hydrogen-bond acceptors (Lipinski definition) is 4. The monoisotopic (exact) mass is 210 g/mol. The molecule has 72 valence electrons. The minimum absolute atomic E-state index is 0.277. The third kappa shape index (κ3) is 1.73. The maximum Gasteiger partial charge on any atom is 0.205 e. The zero-order valence-corrected chi connectivity index (χ0v) is 7.89. The Morgan fingerprint density at radius 1 is 1.29 bits per heavy atom. The van der Waals surface area contributed by atoms with Crippen LogP contribution in [0.2, 0.25) is 5.02 Å². The molecule has 1 heterocycles. The molecule has 0 fully saturated rings. The Labute approximate surface area is 84.9 Å². The molecule has 0 aliphatic heterocycles. The van der Waals surface area contributed by atoms with Gasteiger partial charge in [-0.05, 0) is 29.5 Å². The predicted molar refractivity (Wildman–Crippen MR) is 50.5 cm³/mol. The van der Waals surface area contributed by atoms with Crippen molar-refractivity contribution in [3.63, 3.8) is 0 Å². The van der Waals surface area contributed by atoms with Crippen LogP contribution >= 0.6 is 11.6 Å². The van der Waals surface area contributed by atoms with Crippen molar-refractivity contribution in [1.82, 2.24) is 20.2 Å². The molecule has 1 N–H and O–H groups in total. The van der Waals surface area contributed by atoms with E-state index < -0.39 is 0 Å². The Morgan fingerprint density at radius 2 is 2.00 bits per heavy atom. The van der Waals surface area contributed by atoms with Crippen LogP contribution in [0.4, 0.5) is 0 Å². The normalized spacial score (nSPS) is 10.4. The molecule has 14 heavy (non-hydrogen) atoms. The molecule has 0 radical (unpaired) electrons. The largest absolute Gasteiger partial charge is 0.373 e. The number of benzene rings is 1. The number of nitrogens with zero attached hydrogens (tertiary/aromatic N) is 4. The molecule has 1 aromatic carbocycles. The van der Waals surface area contributed by atoms with Crippen LogP contribution in [0.1, 0.15) is 0 Å². The van der Waals surface area contributed by atoms with Gasteiger partial charge in [0.2, 0.25) is 5.82 Å². The molecule has 0 unspecified atom stereocenters. The average molecular weight is 211 g/mol. The Balaban J connectivity index is 2.34. The summed E-state index contributed by atoms with van der Waals surface area (Å²) in [5.74, 6) is 0.468. The summed E-state index contributed by atoms with van der Waals surface area (Å²) in [6.07, 6.45) is 0. The summed E-state index contributed by atoms with van der Waals surface area (Å²) in [6, 6.07) is 7.08. The molecule has 2 aromatic rings. The number of hydrogen-bond donors (Lipinski definition) is 1. The van der Waals surface area contributed by atoms with Gasteiger partial charge >= 0.3 is 0 Å². The van der Waals surface area contributed by atoms with Crippen molar-refractivity contribution in [1.29, 1.82) is 0 Å². The van der Waals surface area contributed by atoms with E-state index in [1.807, 2.05) is 0 Å². The van der Waals surface area contributed by atoms with Crippen molar-refractivity contribution < 1.29 is 5.11 Å². The van der Waals surface area contributed by atoms with Crippen LogP contribution in [0.15, 0.2) is 24.3 Å². The fourth-order valence-corrected chi connectivity index (χ4v) is 1.14. The highest BCUT2D eigenvalue weighted by molar-refractivity contribution is 6.30. The zero-order valence-electron chi connectivity index (χ0n) is 7.13. The zero-order chi connectivity index (χ0) is 9.97. The van der Waals surface area contributed by atoms with E-state index >= 15 is 0 Å². The summed E-state index contributed by atoms with van der Waals surface area (Å²) in [5, 5.41) is 20.7. The molecule has 6 heteroatoms. The van der Waals surface area contributed by atoms with Crippen LogP contribution in [0, 0.1) is 0 Å². The van der Waals surface area contributed by atoms with Crippen LogP contribution in [0.25, 0.3) is 11.4 Å². The second-order valence-electron chi connectivity index (χ2n) is 2.63. The van der Waals surface area contributed by atoms with E-state index in [1.54, 1.807) is 24.3 Å². The summed E-state index contributed by atoms with van der Waals surface area (Å²) in [4.78, 5) is 1.10. The van der Waals surface area contributed by atoms with Crippen molar-refractivity contribution in [2.75, 3.05) is 0 Å². The van der Waals surface area contributed by atoms with Crippen LogP contribution in [-0.4, -0.2) is 25.3 Å². The highest BCUT2D eigenvalue weighted by Gasteiger charge is 2.04. The minimum Gasteiger partial charge on any atom is -0.373 e. The number of aromatic nitrogens is 4. The fourth-order valence-electron chi connectivity index (χ4n) is 1.02. The number of tetrazole rings is 1. The fraction of sp³-hybridized carbons (Fsp3) is 0.125. The second kappa shape index (κ2) is 3.73. The van der Waals surface area contributed by atoms with E-state index in [4.69, 9.17) is 16.7 Å². The molecule has 1 aromatic heterocycles. The van der Waals surface area contributed by atoms with Gasteiger partial charge in [0, 0.05) is 10.6 Å². The van der Waals surface area contributed by atoms with Crippen LogP contribution in [-0.2, 0) is 6.73 Å². The second-order valence-corrected chi connectivity index (χ2v) is 3.07. The Kier molecular flexibility index (Phi) is 2.43. The number of halogens is 1. The lowest BCUT2D eigenvalue weighted by Gasteiger charge is -1.93. The SMILES string of the molecule is OCn1nnc(-c2ccc(Cl)cc2)n1. The molecule has 5 nitrogen and oxygen atoms in total. The maximum absolute atomic E-state index is 8.72. The van der Waals surface area contributed by atoms with Crippen molar-refractivity contribution >= 4 is 11.6 Å². The Hall–Kier alpha value is -1.46. The first-order valence-corrected chi connectivity index (χ1v) is 4.32. The lowest BCUT2D eigenvalue weighted by atomic mass is 10.2. The van der Waals surface area contributed by atoms with E-state index in [9.17, 15) is 0 Å². The van der Waals surface area contributed by atoms with Gasteiger partial charge in [0.25, 0.3) is 0 Å². The first-order valence-electron chi connectivity index (χ1n) is 3.94. The molecule has 2 rings (SSSR count). The van der Waals surface area contributed by atoms with E-state index in [0.717, 1.165) is 10.4 Å². The summed E-state index contributed by atoms with van der Waals surface area (Å²) in [5.41, 5.74) is 0.814. The third-order valence-corrected chi connectivity index (χ3v) is 1.93. The van der Waals surface area contributed by atoms with Gasteiger partial charge in [-0.3, -0.25) is 0 Å². The highest BCUT2D eigenvalue weighted by Crippen LogP contribution is 2.16. The molecule has 0 saturated carbocycles. The van der Waals surface area contributed by atoms with Crippen molar-refractivity contribution in [2.45, 2.75) is 6.73 Å². The van der Waals surface area contributed by atoms with Gasteiger partial charge < -0.3 is 5.11 Å². The quantitative estimate of drug-likeness (QED) is 0.802. The first kappa shape index (κ1) is 9.11. The molecule has 0 bridgehead atoms. The minimum atomic E-state index is -0.277. The van der Waals surface area contributed by atoms with Gasteiger partial charge in [-0.2, -0.15) is 0 Å². The summed E-state index contributed by atoms with van der Waals surface area (Å²) >= 11 is 5.73. The number of aliphatic hydroxyl groups excluding tert-OH is 1. The predicted octanol–water partition coefficient (Wildman–Crippen LogP) is 0.943. The smallest absolute Gasteiger partial charge is 0.205 e. The third-order valence-electron chi connectivity index (χ3n) is 1.68. The van der Waals surface area contributed by atoms with Gasteiger partial charge in [0.05, 0.1) is 0 Å². The van der Waals surface area contributed by atoms with E-state index in [1.165, 1.54) is 0 Å². The van der Waals surface area contributed by atoms with Gasteiger partial charge in [-0.25, -0.2) is 0 Å². The number of rotatable bonds is 2. The summed E-state index contributed by atoms with van der Waals surface area (Å²) < 4.78 is 0. The topological polar surface area (TPSA) is 63.8 Å². The standard InChI is InChI=1S/C8H7ClN4O/c9-7-3-1-6(2-4-7)8-10-12-13(5-14)11-8/h1-4,14H,5H2. The van der Waals surface area contributed by atoms with Crippen LogP contribution in [0.5, 0.6) is 0 Å². The summed E-state index contributed by atoms with van der Waals surface area (Å²) in [7, 11) is 0. The lowest BCUT2D eigenvalue weighted by Crippen LogP contribution is -2.00. The molecular weight excluding hydrogens is 204 g/mol. The maximum atomic E-state index is 8.72. The lowest BCUT2D eigenvalue weighted by molar-refractivity contribution is 0.175. The van der Waals surface area contributed by atoms with Gasteiger partial charge in [-0.1, -0.05) is 11.6 Å².